The van der Waals surface area contributed by atoms with Crippen molar-refractivity contribution in [3.05, 3.63) is 68.1 Å². The minimum atomic E-state index is -0.232. The van der Waals surface area contributed by atoms with E-state index in [-0.39, 0.29) is 18.6 Å². The first-order valence-corrected chi connectivity index (χ1v) is 9.98. The number of carbonyl (C=O) groups excluding carboxylic acids is 1. The van der Waals surface area contributed by atoms with Crippen LogP contribution in [0.3, 0.4) is 0 Å². The van der Waals surface area contributed by atoms with Gasteiger partial charge < -0.3 is 10.1 Å². The molecule has 1 amide bonds. The van der Waals surface area contributed by atoms with Crippen molar-refractivity contribution in [3.8, 4) is 5.75 Å². The molecule has 1 N–H and O–H groups in total. The SMILES string of the molecule is Cc1cc(C)n(C(CNC(=O)COc2ccc(Cl)cc2Cl)c2cccs2)n1. The summed E-state index contributed by atoms with van der Waals surface area (Å²) in [6, 6.07) is 10.9. The van der Waals surface area contributed by atoms with E-state index in [0.717, 1.165) is 16.3 Å². The minimum absolute atomic E-state index is 0.0678. The number of carbonyl (C=O) groups is 1. The van der Waals surface area contributed by atoms with Gasteiger partial charge in [0.25, 0.3) is 5.91 Å². The quantitative estimate of drug-likeness (QED) is 0.601. The van der Waals surface area contributed by atoms with E-state index >= 15 is 0 Å². The fourth-order valence-corrected chi connectivity index (χ4v) is 4.02. The first-order chi connectivity index (χ1) is 12.9. The first kappa shape index (κ1) is 19.7. The number of rotatable bonds is 7. The number of ether oxygens (including phenoxy) is 1. The van der Waals surface area contributed by atoms with Gasteiger partial charge in [-0.1, -0.05) is 29.3 Å². The fraction of sp³-hybridized carbons (Fsp3) is 0.263. The smallest absolute Gasteiger partial charge is 0.258 e. The molecule has 0 aliphatic rings. The Morgan fingerprint density at radius 1 is 1.30 bits per heavy atom. The predicted molar refractivity (Wildman–Crippen MR) is 109 cm³/mol. The van der Waals surface area contributed by atoms with E-state index in [1.165, 1.54) is 0 Å². The summed E-state index contributed by atoms with van der Waals surface area (Å²) in [5.41, 5.74) is 1.99. The molecule has 3 aromatic rings. The van der Waals surface area contributed by atoms with Gasteiger partial charge in [0.05, 0.1) is 10.7 Å². The highest BCUT2D eigenvalue weighted by atomic mass is 35.5. The molecule has 1 unspecified atom stereocenters. The topological polar surface area (TPSA) is 56.2 Å². The molecular weight excluding hydrogens is 405 g/mol. The summed E-state index contributed by atoms with van der Waals surface area (Å²) in [5.74, 6) is 0.189. The maximum Gasteiger partial charge on any atom is 0.258 e. The summed E-state index contributed by atoms with van der Waals surface area (Å²) in [6.45, 7) is 4.25. The highest BCUT2D eigenvalue weighted by Crippen LogP contribution is 2.27. The lowest BCUT2D eigenvalue weighted by Gasteiger charge is -2.19. The van der Waals surface area contributed by atoms with Gasteiger partial charge >= 0.3 is 0 Å². The highest BCUT2D eigenvalue weighted by molar-refractivity contribution is 7.10. The van der Waals surface area contributed by atoms with E-state index in [2.05, 4.69) is 10.4 Å². The second-order valence-electron chi connectivity index (χ2n) is 6.07. The molecule has 0 bridgehead atoms. The summed E-state index contributed by atoms with van der Waals surface area (Å²) in [4.78, 5) is 13.4. The van der Waals surface area contributed by atoms with Crippen LogP contribution in [-0.4, -0.2) is 28.8 Å². The summed E-state index contributed by atoms with van der Waals surface area (Å²) < 4.78 is 7.43. The predicted octanol–water partition coefficient (Wildman–Crippen LogP) is 4.65. The van der Waals surface area contributed by atoms with Crippen molar-refractivity contribution >= 4 is 40.4 Å². The molecule has 5 nitrogen and oxygen atoms in total. The summed E-state index contributed by atoms with van der Waals surface area (Å²) >= 11 is 13.6. The third-order valence-electron chi connectivity index (χ3n) is 3.96. The Morgan fingerprint density at radius 3 is 2.74 bits per heavy atom. The average molecular weight is 424 g/mol. The third kappa shape index (κ3) is 5.03. The fourth-order valence-electron chi connectivity index (χ4n) is 2.75. The molecule has 2 heterocycles. The Bertz CT molecular complexity index is 925. The van der Waals surface area contributed by atoms with Crippen LogP contribution in [0.25, 0.3) is 0 Å². The number of aryl methyl sites for hydroxylation is 2. The van der Waals surface area contributed by atoms with E-state index in [9.17, 15) is 4.79 Å². The van der Waals surface area contributed by atoms with Crippen LogP contribution in [0.1, 0.15) is 22.3 Å². The lowest BCUT2D eigenvalue weighted by Crippen LogP contribution is -2.34. The van der Waals surface area contributed by atoms with Crippen LogP contribution in [0.5, 0.6) is 5.75 Å². The van der Waals surface area contributed by atoms with Crippen molar-refractivity contribution in [2.24, 2.45) is 0 Å². The molecule has 3 rings (SSSR count). The Balaban J connectivity index is 1.63. The van der Waals surface area contributed by atoms with E-state index in [1.807, 2.05) is 42.1 Å². The van der Waals surface area contributed by atoms with Crippen molar-refractivity contribution in [3.63, 3.8) is 0 Å². The number of aromatic nitrogens is 2. The number of nitrogens with zero attached hydrogens (tertiary/aromatic N) is 2. The standard InChI is InChI=1S/C19H19Cl2N3O2S/c1-12-8-13(2)24(23-12)16(18-4-3-7-27-18)10-22-19(25)11-26-17-6-5-14(20)9-15(17)21/h3-9,16H,10-11H2,1-2H3,(H,22,25). The molecule has 0 fully saturated rings. The first-order valence-electron chi connectivity index (χ1n) is 8.34. The number of amides is 1. The highest BCUT2D eigenvalue weighted by Gasteiger charge is 2.19. The molecule has 0 radical (unpaired) electrons. The molecule has 0 aliphatic heterocycles. The molecule has 0 saturated heterocycles. The number of halogens is 2. The molecule has 1 aromatic carbocycles. The molecular formula is C19H19Cl2N3O2S. The van der Waals surface area contributed by atoms with Crippen LogP contribution in [0.4, 0.5) is 0 Å². The Hall–Kier alpha value is -2.02. The Kier molecular flexibility index (Phi) is 6.42. The maximum atomic E-state index is 12.3. The average Bonchev–Trinajstić information content (AvgIpc) is 3.25. The molecule has 0 spiro atoms. The zero-order valence-electron chi connectivity index (χ0n) is 14.9. The van der Waals surface area contributed by atoms with Gasteiger partial charge in [0.2, 0.25) is 0 Å². The number of hydrogen-bond acceptors (Lipinski definition) is 4. The second kappa shape index (κ2) is 8.78. The number of hydrogen-bond donors (Lipinski definition) is 1. The van der Waals surface area contributed by atoms with Gasteiger partial charge in [0.15, 0.2) is 6.61 Å². The third-order valence-corrected chi connectivity index (χ3v) is 5.46. The van der Waals surface area contributed by atoms with Gasteiger partial charge in [-0.3, -0.25) is 9.48 Å². The number of benzene rings is 1. The summed E-state index contributed by atoms with van der Waals surface area (Å²) in [7, 11) is 0. The molecule has 1 atom stereocenters. The molecule has 2 aromatic heterocycles. The van der Waals surface area contributed by atoms with Crippen LogP contribution in [0, 0.1) is 13.8 Å². The van der Waals surface area contributed by atoms with Crippen LogP contribution in [0.15, 0.2) is 41.8 Å². The Morgan fingerprint density at radius 2 is 2.11 bits per heavy atom. The van der Waals surface area contributed by atoms with Gasteiger partial charge in [-0.15, -0.1) is 11.3 Å². The van der Waals surface area contributed by atoms with Gasteiger partial charge in [-0.2, -0.15) is 5.10 Å². The molecule has 27 heavy (non-hydrogen) atoms. The summed E-state index contributed by atoms with van der Waals surface area (Å²) in [6.07, 6.45) is 0. The van der Waals surface area contributed by atoms with Crippen LogP contribution in [-0.2, 0) is 4.79 Å². The lowest BCUT2D eigenvalue weighted by atomic mass is 10.2. The minimum Gasteiger partial charge on any atom is -0.482 e. The van der Waals surface area contributed by atoms with Crippen molar-refractivity contribution in [2.45, 2.75) is 19.9 Å². The lowest BCUT2D eigenvalue weighted by molar-refractivity contribution is -0.123. The van der Waals surface area contributed by atoms with Crippen LogP contribution in [0.2, 0.25) is 10.0 Å². The van der Waals surface area contributed by atoms with Crippen molar-refractivity contribution in [1.29, 1.82) is 0 Å². The molecule has 0 aliphatic carbocycles. The van der Waals surface area contributed by atoms with E-state index in [4.69, 9.17) is 27.9 Å². The van der Waals surface area contributed by atoms with Gasteiger partial charge in [-0.05, 0) is 49.6 Å². The number of nitrogens with one attached hydrogen (secondary N) is 1. The normalized spacial score (nSPS) is 12.0. The van der Waals surface area contributed by atoms with Gasteiger partial charge in [0.1, 0.15) is 11.8 Å². The molecule has 8 heteroatoms. The largest absolute Gasteiger partial charge is 0.482 e. The van der Waals surface area contributed by atoms with Crippen molar-refractivity contribution in [1.82, 2.24) is 15.1 Å². The van der Waals surface area contributed by atoms with Gasteiger partial charge in [0, 0.05) is 22.1 Å². The van der Waals surface area contributed by atoms with Crippen molar-refractivity contribution in [2.75, 3.05) is 13.2 Å². The van der Waals surface area contributed by atoms with Gasteiger partial charge in [-0.25, -0.2) is 0 Å². The zero-order chi connectivity index (χ0) is 19.4. The van der Waals surface area contributed by atoms with Crippen LogP contribution < -0.4 is 10.1 Å². The number of thiophene rings is 1. The molecule has 0 saturated carbocycles. The monoisotopic (exact) mass is 423 g/mol. The summed E-state index contributed by atoms with van der Waals surface area (Å²) in [5, 5.41) is 10.4. The van der Waals surface area contributed by atoms with Crippen molar-refractivity contribution < 1.29 is 9.53 Å². The van der Waals surface area contributed by atoms with E-state index < -0.39 is 0 Å². The van der Waals surface area contributed by atoms with E-state index in [0.29, 0.717) is 22.3 Å². The second-order valence-corrected chi connectivity index (χ2v) is 7.89. The molecule has 142 valence electrons. The Labute approximate surface area is 171 Å². The van der Waals surface area contributed by atoms with E-state index in [1.54, 1.807) is 29.5 Å². The zero-order valence-corrected chi connectivity index (χ0v) is 17.2. The van der Waals surface area contributed by atoms with Crippen LogP contribution >= 0.6 is 34.5 Å². The maximum absolute atomic E-state index is 12.3.